The fraction of sp³-hybridized carbons (Fsp3) is 0.833. The Morgan fingerprint density at radius 3 is 2.12 bits per heavy atom. The van der Waals surface area contributed by atoms with Gasteiger partial charge in [0.15, 0.2) is 32.3 Å². The van der Waals surface area contributed by atoms with Gasteiger partial charge in [-0.1, -0.05) is 63.7 Å². The van der Waals surface area contributed by atoms with Gasteiger partial charge in [-0.3, -0.25) is 0 Å². The predicted octanol–water partition coefficient (Wildman–Crippen LogP) is 1.52. The molecule has 0 amide bonds. The average molecular weight is 606 g/mol. The van der Waals surface area contributed by atoms with E-state index in [1.54, 1.807) is 6.92 Å². The number of hydrogen-bond donors (Lipinski definition) is 1. The fourth-order valence-electron chi connectivity index (χ4n) is 2.32. The van der Waals surface area contributed by atoms with Crippen LogP contribution in [-0.4, -0.2) is 68.1 Å². The van der Waals surface area contributed by atoms with Crippen molar-refractivity contribution in [1.29, 1.82) is 0 Å². The maximum absolute atomic E-state index is 12.0. The Bertz CT molecular complexity index is 476. The molecule has 1 N–H and O–H groups in total. The lowest BCUT2D eigenvalue weighted by Gasteiger charge is -2.46. The molecule has 0 aromatic rings. The van der Waals surface area contributed by atoms with E-state index in [0.717, 1.165) is 0 Å². The Labute approximate surface area is 171 Å². The van der Waals surface area contributed by atoms with Crippen LogP contribution in [0, 0.1) is 0 Å². The minimum Gasteiger partial charge on any atom is -0.454 e. The monoisotopic (exact) mass is 602 g/mol. The van der Waals surface area contributed by atoms with Gasteiger partial charge in [0, 0.05) is 0 Å². The normalized spacial score (nSPS) is 36.3. The number of rotatable bonds is 4. The van der Waals surface area contributed by atoms with Crippen LogP contribution in [0.1, 0.15) is 6.92 Å². The minimum absolute atomic E-state index is 0.142. The highest BCUT2D eigenvalue weighted by Gasteiger charge is 2.53. The number of hydrogen-bond acceptors (Lipinski definition) is 8. The van der Waals surface area contributed by atoms with Gasteiger partial charge in [-0.15, -0.1) is 0 Å². The number of fused-ring (bicyclic) bond motifs is 1. The number of aliphatic hydroxyl groups excluding tert-OH is 1. The number of ether oxygens (including phenoxy) is 5. The van der Waals surface area contributed by atoms with Gasteiger partial charge in [-0.2, -0.15) is 0 Å². The van der Waals surface area contributed by atoms with Crippen molar-refractivity contribution in [3.05, 3.63) is 0 Å². The summed E-state index contributed by atoms with van der Waals surface area (Å²) >= 11 is 12.1. The van der Waals surface area contributed by atoms with Crippen molar-refractivity contribution in [3.63, 3.8) is 0 Å². The van der Waals surface area contributed by atoms with Crippen LogP contribution in [-0.2, 0) is 33.3 Å². The SMILES string of the molecule is CC1OC[C@H]2O[C@@H](O)[C@H](OC(=O)C(Br)Br)[C@@H](OC(=O)C(Br)Br)[C@@H]2O1. The summed E-state index contributed by atoms with van der Waals surface area (Å²) in [5, 5.41) is 10.2. The Hall–Kier alpha value is 0.700. The molecular formula is C12H14Br4O8. The second kappa shape index (κ2) is 9.07. The summed E-state index contributed by atoms with van der Waals surface area (Å²) in [4.78, 5) is 23.8. The number of carbonyl (C=O) groups excluding carboxylic acids is 2. The molecule has 0 radical (unpaired) electrons. The molecule has 8 nitrogen and oxygen atoms in total. The Kier molecular flexibility index (Phi) is 7.94. The van der Waals surface area contributed by atoms with Crippen LogP contribution in [0.5, 0.6) is 0 Å². The van der Waals surface area contributed by atoms with Gasteiger partial charge in [0.2, 0.25) is 0 Å². The Morgan fingerprint density at radius 2 is 1.58 bits per heavy atom. The van der Waals surface area contributed by atoms with E-state index in [1.165, 1.54) is 0 Å². The molecule has 12 heteroatoms. The average Bonchev–Trinajstić information content (AvgIpc) is 2.50. The third-order valence-electron chi connectivity index (χ3n) is 3.31. The molecule has 1 unspecified atom stereocenters. The molecule has 0 aromatic heterocycles. The number of alkyl halides is 4. The molecule has 2 fully saturated rings. The Morgan fingerprint density at radius 1 is 1.04 bits per heavy atom. The van der Waals surface area contributed by atoms with E-state index in [-0.39, 0.29) is 6.61 Å². The van der Waals surface area contributed by atoms with Crippen molar-refractivity contribution in [2.45, 2.75) is 51.4 Å². The van der Waals surface area contributed by atoms with Crippen molar-refractivity contribution in [1.82, 2.24) is 0 Å². The summed E-state index contributed by atoms with van der Waals surface area (Å²) < 4.78 is 25.3. The van der Waals surface area contributed by atoms with E-state index in [4.69, 9.17) is 23.7 Å². The molecule has 6 atom stereocenters. The standard InChI is InChI=1S/C12H14Br4O8/c1-3-20-2-4-5(21-3)6(23-11(18)8(13)14)7(10(17)22-4)24-12(19)9(15)16/h3-10,17H,2H2,1H3/t3?,4-,5-,6+,7-,10-/m1/s1. The molecule has 2 aliphatic heterocycles. The molecule has 0 aliphatic carbocycles. The lowest BCUT2D eigenvalue weighted by atomic mass is 9.97. The summed E-state index contributed by atoms with van der Waals surface area (Å²) in [5.74, 6) is -1.37. The molecule has 0 spiro atoms. The van der Waals surface area contributed by atoms with Crippen molar-refractivity contribution >= 4 is 75.7 Å². The first-order chi connectivity index (χ1) is 11.2. The molecule has 0 bridgehead atoms. The topological polar surface area (TPSA) is 101 Å². The zero-order valence-corrected chi connectivity index (χ0v) is 18.5. The van der Waals surface area contributed by atoms with Crippen LogP contribution in [0.4, 0.5) is 0 Å². The highest BCUT2D eigenvalue weighted by molar-refractivity contribution is 9.25. The summed E-state index contributed by atoms with van der Waals surface area (Å²) in [6.45, 7) is 1.81. The first-order valence-electron chi connectivity index (χ1n) is 6.78. The molecule has 2 aliphatic rings. The second-order valence-electron chi connectivity index (χ2n) is 4.97. The van der Waals surface area contributed by atoms with E-state index in [2.05, 4.69) is 63.7 Å². The van der Waals surface area contributed by atoms with E-state index in [1.807, 2.05) is 0 Å². The maximum Gasteiger partial charge on any atom is 0.331 e. The van der Waals surface area contributed by atoms with Crippen LogP contribution in [0.2, 0.25) is 0 Å². The molecule has 0 aromatic carbocycles. The second-order valence-corrected chi connectivity index (χ2v) is 11.1. The van der Waals surface area contributed by atoms with Crippen LogP contribution in [0.3, 0.4) is 0 Å². The largest absolute Gasteiger partial charge is 0.454 e. The molecule has 2 rings (SSSR count). The smallest absolute Gasteiger partial charge is 0.331 e. The molecule has 2 saturated heterocycles. The molecule has 2 heterocycles. The van der Waals surface area contributed by atoms with E-state index < -0.39 is 56.4 Å². The van der Waals surface area contributed by atoms with E-state index in [9.17, 15) is 14.7 Å². The first-order valence-corrected chi connectivity index (χ1v) is 10.4. The van der Waals surface area contributed by atoms with E-state index >= 15 is 0 Å². The van der Waals surface area contributed by atoms with Crippen molar-refractivity contribution < 1.29 is 38.4 Å². The number of esters is 2. The van der Waals surface area contributed by atoms with Gasteiger partial charge in [0.05, 0.1) is 6.61 Å². The number of halogens is 4. The molecular weight excluding hydrogens is 592 g/mol. The van der Waals surface area contributed by atoms with E-state index in [0.29, 0.717) is 0 Å². The number of carbonyl (C=O) groups is 2. The third kappa shape index (κ3) is 5.12. The molecule has 138 valence electrons. The quantitative estimate of drug-likeness (QED) is 0.381. The summed E-state index contributed by atoms with van der Waals surface area (Å²) in [6, 6.07) is 0. The minimum atomic E-state index is -1.50. The number of aliphatic hydroxyl groups is 1. The predicted molar refractivity (Wildman–Crippen MR) is 94.2 cm³/mol. The zero-order chi connectivity index (χ0) is 18.0. The van der Waals surface area contributed by atoms with Gasteiger partial charge in [0.25, 0.3) is 0 Å². The van der Waals surface area contributed by atoms with Crippen molar-refractivity contribution in [3.8, 4) is 0 Å². The Balaban J connectivity index is 2.23. The highest BCUT2D eigenvalue weighted by Crippen LogP contribution is 2.32. The van der Waals surface area contributed by atoms with Crippen molar-refractivity contribution in [2.75, 3.05) is 6.61 Å². The molecule has 0 saturated carbocycles. The van der Waals surface area contributed by atoms with Crippen molar-refractivity contribution in [2.24, 2.45) is 0 Å². The van der Waals surface area contributed by atoms with Gasteiger partial charge in [0.1, 0.15) is 12.2 Å². The maximum atomic E-state index is 12.0. The van der Waals surface area contributed by atoms with Crippen LogP contribution < -0.4 is 0 Å². The first kappa shape index (κ1) is 21.0. The van der Waals surface area contributed by atoms with Gasteiger partial charge < -0.3 is 28.8 Å². The molecule has 24 heavy (non-hydrogen) atoms. The highest BCUT2D eigenvalue weighted by atomic mass is 79.9. The van der Waals surface area contributed by atoms with Gasteiger partial charge in [-0.25, -0.2) is 9.59 Å². The fourth-order valence-corrected chi connectivity index (χ4v) is 2.75. The summed E-state index contributed by atoms with van der Waals surface area (Å²) in [5.41, 5.74) is 0. The summed E-state index contributed by atoms with van der Waals surface area (Å²) in [7, 11) is 0. The van der Waals surface area contributed by atoms with Crippen LogP contribution >= 0.6 is 63.7 Å². The lowest BCUT2D eigenvalue weighted by molar-refractivity contribution is -0.350. The zero-order valence-electron chi connectivity index (χ0n) is 12.1. The van der Waals surface area contributed by atoms with Crippen LogP contribution in [0.25, 0.3) is 0 Å². The van der Waals surface area contributed by atoms with Gasteiger partial charge >= 0.3 is 11.9 Å². The lowest BCUT2D eigenvalue weighted by Crippen LogP contribution is -2.64. The third-order valence-corrected chi connectivity index (χ3v) is 4.81. The van der Waals surface area contributed by atoms with Crippen LogP contribution in [0.15, 0.2) is 0 Å². The summed E-state index contributed by atoms with van der Waals surface area (Å²) in [6.07, 6.45) is -5.83. The van der Waals surface area contributed by atoms with Gasteiger partial charge in [-0.05, 0) is 6.92 Å².